The molecule has 0 spiro atoms. The molecule has 7 heteroatoms. The van der Waals surface area contributed by atoms with Crippen molar-refractivity contribution < 1.29 is 29.3 Å². The summed E-state index contributed by atoms with van der Waals surface area (Å²) < 4.78 is 5.31. The second-order valence-electron chi connectivity index (χ2n) is 8.29. The van der Waals surface area contributed by atoms with E-state index in [9.17, 15) is 14.7 Å². The Labute approximate surface area is 193 Å². The van der Waals surface area contributed by atoms with E-state index in [1.807, 2.05) is 55.1 Å². The van der Waals surface area contributed by atoms with E-state index in [-0.39, 0.29) is 47.8 Å². The van der Waals surface area contributed by atoms with Gasteiger partial charge in [-0.1, -0.05) is 43.3 Å². The van der Waals surface area contributed by atoms with Crippen molar-refractivity contribution in [2.24, 2.45) is 23.7 Å². The van der Waals surface area contributed by atoms with Crippen molar-refractivity contribution >= 4 is 18.3 Å². The minimum absolute atomic E-state index is 0.00896. The third-order valence-corrected chi connectivity index (χ3v) is 6.28. The van der Waals surface area contributed by atoms with E-state index < -0.39 is 0 Å². The molecule has 2 aliphatic rings. The van der Waals surface area contributed by atoms with Crippen LogP contribution in [0.5, 0.6) is 5.75 Å². The molecule has 1 fully saturated rings. The van der Waals surface area contributed by atoms with Gasteiger partial charge < -0.3 is 19.8 Å². The number of esters is 1. The van der Waals surface area contributed by atoms with Crippen LogP contribution in [0, 0.1) is 23.7 Å². The maximum atomic E-state index is 13.1. The van der Waals surface area contributed by atoms with E-state index in [0.717, 1.165) is 11.1 Å². The first-order chi connectivity index (χ1) is 15.9. The molecule has 1 saturated heterocycles. The fourth-order valence-electron chi connectivity index (χ4n) is 4.70. The highest BCUT2D eigenvalue weighted by Crippen LogP contribution is 2.40. The molecule has 4 atom stereocenters. The van der Waals surface area contributed by atoms with Gasteiger partial charge >= 0.3 is 5.97 Å². The van der Waals surface area contributed by atoms with Crippen LogP contribution in [0.4, 0.5) is 0 Å². The normalized spacial score (nSPS) is 23.2. The second-order valence-corrected chi connectivity index (χ2v) is 8.29. The van der Waals surface area contributed by atoms with E-state index in [1.165, 1.54) is 0 Å². The van der Waals surface area contributed by atoms with E-state index in [2.05, 4.69) is 12.2 Å². The topological polar surface area (TPSA) is 104 Å². The third kappa shape index (κ3) is 5.42. The molecular formula is C26H29NO6. The van der Waals surface area contributed by atoms with Crippen LogP contribution in [0.2, 0.25) is 0 Å². The molecule has 1 aliphatic heterocycles. The second kappa shape index (κ2) is 10.8. The predicted molar refractivity (Wildman–Crippen MR) is 124 cm³/mol. The average molecular weight is 452 g/mol. The summed E-state index contributed by atoms with van der Waals surface area (Å²) in [5.41, 5.74) is 2.61. The van der Waals surface area contributed by atoms with Gasteiger partial charge in [0.05, 0.1) is 12.5 Å². The summed E-state index contributed by atoms with van der Waals surface area (Å²) in [6, 6.07) is 14.5. The number of aromatic hydroxyl groups is 1. The van der Waals surface area contributed by atoms with Crippen molar-refractivity contribution in [2.45, 2.75) is 13.8 Å². The number of carboxylic acid groups (broad SMARTS) is 1. The van der Waals surface area contributed by atoms with Gasteiger partial charge in [-0.3, -0.25) is 14.4 Å². The van der Waals surface area contributed by atoms with Crippen LogP contribution < -0.4 is 0 Å². The van der Waals surface area contributed by atoms with Gasteiger partial charge in [0.1, 0.15) is 5.75 Å². The molecule has 0 saturated carbocycles. The lowest BCUT2D eigenvalue weighted by Crippen LogP contribution is -2.37. The van der Waals surface area contributed by atoms with Crippen molar-refractivity contribution in [3.05, 3.63) is 66.2 Å². The summed E-state index contributed by atoms with van der Waals surface area (Å²) in [6.07, 6.45) is 4.25. The number of carbonyl (C=O) groups is 3. The van der Waals surface area contributed by atoms with Crippen molar-refractivity contribution in [2.75, 3.05) is 19.7 Å². The molecular weight excluding hydrogens is 422 g/mol. The lowest BCUT2D eigenvalue weighted by molar-refractivity contribution is -0.152. The van der Waals surface area contributed by atoms with Crippen LogP contribution in [-0.2, 0) is 14.3 Å². The summed E-state index contributed by atoms with van der Waals surface area (Å²) in [7, 11) is 0. The highest BCUT2D eigenvalue weighted by atomic mass is 16.5. The Morgan fingerprint density at radius 1 is 1.03 bits per heavy atom. The zero-order valence-electron chi connectivity index (χ0n) is 18.8. The molecule has 1 aliphatic carbocycles. The van der Waals surface area contributed by atoms with Gasteiger partial charge in [0, 0.05) is 18.7 Å². The first-order valence-corrected chi connectivity index (χ1v) is 11.0. The van der Waals surface area contributed by atoms with Crippen molar-refractivity contribution in [3.63, 3.8) is 0 Å². The zero-order chi connectivity index (χ0) is 24.0. The van der Waals surface area contributed by atoms with Crippen molar-refractivity contribution in [1.82, 2.24) is 4.90 Å². The standard InChI is InChI=1S/C25H27NO4.CH2O2/c1-3-30-25(29)23-16(2)4-5-20-14-26(15-22(20)23)24(28)19-8-6-17(7-9-19)18-10-12-21(27)13-11-18;2-1-3/h4-13,16,20,22-23,27H,3,14-15H2,1-2H3;1H,(H,2,3)/t16-,20-,22-,23-;/m0./s1. The Hall–Kier alpha value is -3.61. The largest absolute Gasteiger partial charge is 0.508 e. The number of amides is 1. The molecule has 0 bridgehead atoms. The van der Waals surface area contributed by atoms with Gasteiger partial charge in [0.25, 0.3) is 12.4 Å². The number of ether oxygens (including phenoxy) is 1. The van der Waals surface area contributed by atoms with E-state index in [1.54, 1.807) is 12.1 Å². The van der Waals surface area contributed by atoms with Crippen LogP contribution in [0.15, 0.2) is 60.7 Å². The fourth-order valence-corrected chi connectivity index (χ4v) is 4.70. The number of likely N-dealkylation sites (tertiary alicyclic amines) is 1. The van der Waals surface area contributed by atoms with E-state index >= 15 is 0 Å². The number of nitrogens with zero attached hydrogens (tertiary/aromatic N) is 1. The molecule has 33 heavy (non-hydrogen) atoms. The summed E-state index contributed by atoms with van der Waals surface area (Å²) in [5.74, 6) is 0.271. The van der Waals surface area contributed by atoms with Gasteiger partial charge in [-0.05, 0) is 60.1 Å². The van der Waals surface area contributed by atoms with Crippen LogP contribution >= 0.6 is 0 Å². The predicted octanol–water partition coefficient (Wildman–Crippen LogP) is 3.83. The number of phenols is 1. The zero-order valence-corrected chi connectivity index (χ0v) is 18.8. The van der Waals surface area contributed by atoms with Crippen LogP contribution in [0.3, 0.4) is 0 Å². The van der Waals surface area contributed by atoms with Crippen molar-refractivity contribution in [3.8, 4) is 16.9 Å². The minimum Gasteiger partial charge on any atom is -0.508 e. The lowest BCUT2D eigenvalue weighted by atomic mass is 9.72. The smallest absolute Gasteiger partial charge is 0.309 e. The van der Waals surface area contributed by atoms with E-state index in [0.29, 0.717) is 25.3 Å². The molecule has 0 radical (unpaired) electrons. The molecule has 2 aromatic carbocycles. The summed E-state index contributed by atoms with van der Waals surface area (Å²) in [4.78, 5) is 35.9. The molecule has 4 rings (SSSR count). The summed E-state index contributed by atoms with van der Waals surface area (Å²) in [5, 5.41) is 16.3. The quantitative estimate of drug-likeness (QED) is 0.416. The minimum atomic E-state index is -0.250. The van der Waals surface area contributed by atoms with E-state index in [4.69, 9.17) is 14.6 Å². The number of fused-ring (bicyclic) bond motifs is 1. The Balaban J connectivity index is 0.000000968. The molecule has 0 aromatic heterocycles. The molecule has 0 unspecified atom stereocenters. The third-order valence-electron chi connectivity index (χ3n) is 6.28. The lowest BCUT2D eigenvalue weighted by Gasteiger charge is -2.31. The average Bonchev–Trinajstić information content (AvgIpc) is 3.24. The Morgan fingerprint density at radius 2 is 1.61 bits per heavy atom. The Bertz CT molecular complexity index is 998. The number of hydrogen-bond acceptors (Lipinski definition) is 5. The number of allylic oxidation sites excluding steroid dienone is 1. The fraction of sp³-hybridized carbons (Fsp3) is 0.346. The summed E-state index contributed by atoms with van der Waals surface area (Å²) in [6.45, 7) is 5.19. The first-order valence-electron chi connectivity index (χ1n) is 11.0. The highest BCUT2D eigenvalue weighted by molar-refractivity contribution is 5.95. The van der Waals surface area contributed by atoms with Crippen LogP contribution in [-0.4, -0.2) is 53.2 Å². The number of carbonyl (C=O) groups excluding carboxylic acids is 2. The highest BCUT2D eigenvalue weighted by Gasteiger charge is 2.46. The van der Waals surface area contributed by atoms with Gasteiger partial charge in [-0.2, -0.15) is 0 Å². The first kappa shape index (κ1) is 24.0. The maximum Gasteiger partial charge on any atom is 0.309 e. The number of rotatable bonds is 4. The number of benzene rings is 2. The van der Waals surface area contributed by atoms with Crippen LogP contribution in [0.1, 0.15) is 24.2 Å². The summed E-state index contributed by atoms with van der Waals surface area (Å²) >= 11 is 0. The van der Waals surface area contributed by atoms with Gasteiger partial charge in [-0.25, -0.2) is 0 Å². The SMILES string of the molecule is CCOC(=O)[C@@H]1[C@H]2CN(C(=O)c3ccc(-c4ccc(O)cc4)cc3)C[C@@H]2C=C[C@@H]1C.O=CO. The number of phenolic OH excluding ortho intramolecular Hbond substituents is 1. The molecule has 174 valence electrons. The van der Waals surface area contributed by atoms with Gasteiger partial charge in [-0.15, -0.1) is 0 Å². The van der Waals surface area contributed by atoms with Crippen LogP contribution in [0.25, 0.3) is 11.1 Å². The maximum absolute atomic E-state index is 13.1. The molecule has 2 aromatic rings. The molecule has 7 nitrogen and oxygen atoms in total. The Kier molecular flexibility index (Phi) is 7.87. The van der Waals surface area contributed by atoms with Gasteiger partial charge in [0.15, 0.2) is 0 Å². The Morgan fingerprint density at radius 3 is 2.18 bits per heavy atom. The molecule has 2 N–H and O–H groups in total. The number of hydrogen-bond donors (Lipinski definition) is 2. The molecule has 1 heterocycles. The van der Waals surface area contributed by atoms with Gasteiger partial charge in [0.2, 0.25) is 0 Å². The van der Waals surface area contributed by atoms with Crippen molar-refractivity contribution in [1.29, 1.82) is 0 Å². The molecule has 1 amide bonds. The monoisotopic (exact) mass is 451 g/mol.